The van der Waals surface area contributed by atoms with Crippen LogP contribution in [0.15, 0.2) is 60.7 Å². The van der Waals surface area contributed by atoms with Crippen LogP contribution in [0.2, 0.25) is 0 Å². The highest BCUT2D eigenvalue weighted by Gasteiger charge is 2.23. The zero-order valence-corrected chi connectivity index (χ0v) is 18.0. The van der Waals surface area contributed by atoms with Gasteiger partial charge in [0.1, 0.15) is 11.4 Å². The Morgan fingerprint density at radius 1 is 1.07 bits per heavy atom. The van der Waals surface area contributed by atoms with Crippen molar-refractivity contribution in [1.82, 2.24) is 14.7 Å². The molecule has 0 unspecified atom stereocenters. The number of nitrogens with zero attached hydrogens (tertiary/aromatic N) is 3. The molecule has 0 spiro atoms. The van der Waals surface area contributed by atoms with Gasteiger partial charge in [0.2, 0.25) is 5.88 Å². The number of hydrogen-bond acceptors (Lipinski definition) is 5. The first-order chi connectivity index (χ1) is 14.6. The van der Waals surface area contributed by atoms with E-state index in [1.54, 1.807) is 11.8 Å². The zero-order valence-electron chi connectivity index (χ0n) is 18.0. The molecule has 160 valence electrons. The molecule has 0 amide bonds. The Kier molecular flexibility index (Phi) is 8.02. The second kappa shape index (κ2) is 10.9. The Balaban J connectivity index is 1.99. The lowest BCUT2D eigenvalue weighted by molar-refractivity contribution is 0.0827. The molecule has 0 bridgehead atoms. The fourth-order valence-corrected chi connectivity index (χ4v) is 3.36. The number of rotatable bonds is 11. The third kappa shape index (κ3) is 5.69. The molecular weight excluding hydrogens is 378 g/mol. The molecule has 6 nitrogen and oxygen atoms in total. The van der Waals surface area contributed by atoms with E-state index in [4.69, 9.17) is 14.6 Å². The first-order valence-corrected chi connectivity index (χ1v) is 10.4. The Labute approximate surface area is 178 Å². The summed E-state index contributed by atoms with van der Waals surface area (Å²) in [4.78, 5) is 2.19. The lowest BCUT2D eigenvalue weighted by Gasteiger charge is -2.25. The van der Waals surface area contributed by atoms with E-state index in [0.29, 0.717) is 38.5 Å². The molecule has 1 N–H and O–H groups in total. The Morgan fingerprint density at radius 2 is 1.73 bits per heavy atom. The van der Waals surface area contributed by atoms with Crippen molar-refractivity contribution in [2.45, 2.75) is 26.0 Å². The van der Waals surface area contributed by atoms with Crippen molar-refractivity contribution in [3.63, 3.8) is 0 Å². The van der Waals surface area contributed by atoms with Crippen LogP contribution in [0.4, 0.5) is 0 Å². The number of aliphatic hydroxyl groups is 1. The minimum absolute atomic E-state index is 0.391. The van der Waals surface area contributed by atoms with Gasteiger partial charge < -0.3 is 14.6 Å². The number of hydrogen-bond donors (Lipinski definition) is 1. The second-order valence-corrected chi connectivity index (χ2v) is 7.33. The minimum atomic E-state index is -0.391. The summed E-state index contributed by atoms with van der Waals surface area (Å²) in [5.41, 5.74) is 2.91. The summed E-state index contributed by atoms with van der Waals surface area (Å²) in [5, 5.41) is 15.0. The number of para-hydroxylation sites is 1. The molecule has 0 fully saturated rings. The first-order valence-electron chi connectivity index (χ1n) is 10.4. The summed E-state index contributed by atoms with van der Waals surface area (Å²) in [5.74, 6) is 1.46. The smallest absolute Gasteiger partial charge is 0.222 e. The predicted molar refractivity (Wildman–Crippen MR) is 119 cm³/mol. The highest BCUT2D eigenvalue weighted by Crippen LogP contribution is 2.34. The molecule has 3 aromatic rings. The van der Waals surface area contributed by atoms with Gasteiger partial charge >= 0.3 is 0 Å². The summed E-state index contributed by atoms with van der Waals surface area (Å²) in [7, 11) is 3.59. The molecule has 0 radical (unpaired) electrons. The number of ether oxygens (including phenoxy) is 2. The molecular formula is C24H31N3O3. The van der Waals surface area contributed by atoms with Crippen LogP contribution in [0.1, 0.15) is 18.9 Å². The SMILES string of the molecule is CC[C@H](O)CN(CCOC)Cc1c(-c2ccccc2)nn(C)c1Oc1ccccc1. The van der Waals surface area contributed by atoms with Gasteiger partial charge in [-0.2, -0.15) is 5.10 Å². The summed E-state index contributed by atoms with van der Waals surface area (Å²) < 4.78 is 13.3. The van der Waals surface area contributed by atoms with Gasteiger partial charge in [-0.25, -0.2) is 4.68 Å². The molecule has 0 aliphatic carbocycles. The highest BCUT2D eigenvalue weighted by atomic mass is 16.5. The first kappa shape index (κ1) is 22.0. The molecule has 0 aliphatic rings. The summed E-state index contributed by atoms with van der Waals surface area (Å²) in [6, 6.07) is 19.9. The molecule has 6 heteroatoms. The molecule has 1 heterocycles. The van der Waals surface area contributed by atoms with Gasteiger partial charge in [0.15, 0.2) is 0 Å². The average Bonchev–Trinajstić information content (AvgIpc) is 3.08. The molecule has 1 aromatic heterocycles. The number of aliphatic hydroxyl groups excluding tert-OH is 1. The molecule has 0 saturated carbocycles. The Bertz CT molecular complexity index is 897. The van der Waals surface area contributed by atoms with Gasteiger partial charge in [0.25, 0.3) is 0 Å². The molecule has 2 aromatic carbocycles. The summed E-state index contributed by atoms with van der Waals surface area (Å²) >= 11 is 0. The van der Waals surface area contributed by atoms with E-state index in [9.17, 15) is 5.11 Å². The van der Waals surface area contributed by atoms with E-state index in [0.717, 1.165) is 22.6 Å². The van der Waals surface area contributed by atoms with Crippen LogP contribution < -0.4 is 4.74 Å². The van der Waals surface area contributed by atoms with Crippen LogP contribution in [-0.4, -0.2) is 52.7 Å². The Hall–Kier alpha value is -2.67. The zero-order chi connectivity index (χ0) is 21.3. The normalized spacial score (nSPS) is 12.3. The van der Waals surface area contributed by atoms with Gasteiger partial charge in [0.05, 0.1) is 18.3 Å². The fraction of sp³-hybridized carbons (Fsp3) is 0.375. The maximum Gasteiger partial charge on any atom is 0.222 e. The van der Waals surface area contributed by atoms with Crippen molar-refractivity contribution in [2.75, 3.05) is 26.8 Å². The lowest BCUT2D eigenvalue weighted by atomic mass is 10.1. The topological polar surface area (TPSA) is 59.8 Å². The van der Waals surface area contributed by atoms with Crippen molar-refractivity contribution in [3.05, 3.63) is 66.2 Å². The monoisotopic (exact) mass is 409 g/mol. The van der Waals surface area contributed by atoms with Crippen molar-refractivity contribution in [2.24, 2.45) is 7.05 Å². The van der Waals surface area contributed by atoms with E-state index in [2.05, 4.69) is 17.0 Å². The lowest BCUT2D eigenvalue weighted by Crippen LogP contribution is -2.34. The molecule has 1 atom stereocenters. The minimum Gasteiger partial charge on any atom is -0.439 e. The Morgan fingerprint density at radius 3 is 2.37 bits per heavy atom. The van der Waals surface area contributed by atoms with Gasteiger partial charge in [-0.3, -0.25) is 4.90 Å². The van der Waals surface area contributed by atoms with E-state index in [-0.39, 0.29) is 0 Å². The predicted octanol–water partition coefficient (Wildman–Crippen LogP) is 4.10. The fourth-order valence-electron chi connectivity index (χ4n) is 3.36. The summed E-state index contributed by atoms with van der Waals surface area (Å²) in [6.45, 7) is 4.45. The molecule has 3 rings (SSSR count). The number of methoxy groups -OCH3 is 1. The van der Waals surface area contributed by atoms with Gasteiger partial charge in [-0.1, -0.05) is 55.5 Å². The standard InChI is InChI=1S/C24H31N3O3/c1-4-20(28)17-27(15-16-29-3)18-22-23(19-11-7-5-8-12-19)25-26(2)24(22)30-21-13-9-6-10-14-21/h5-14,20,28H,4,15-18H2,1-3H3/t20-/m0/s1. The van der Waals surface area contributed by atoms with Crippen molar-refractivity contribution in [3.8, 4) is 22.9 Å². The highest BCUT2D eigenvalue weighted by molar-refractivity contribution is 5.65. The molecule has 30 heavy (non-hydrogen) atoms. The maximum absolute atomic E-state index is 10.3. The average molecular weight is 410 g/mol. The van der Waals surface area contributed by atoms with Gasteiger partial charge in [-0.05, 0) is 18.6 Å². The summed E-state index contributed by atoms with van der Waals surface area (Å²) in [6.07, 6.45) is 0.312. The molecule has 0 aliphatic heterocycles. The third-order valence-electron chi connectivity index (χ3n) is 5.03. The van der Waals surface area contributed by atoms with Gasteiger partial charge in [0, 0.05) is 39.4 Å². The number of benzene rings is 2. The van der Waals surface area contributed by atoms with E-state index < -0.39 is 6.10 Å². The largest absolute Gasteiger partial charge is 0.439 e. The molecule has 0 saturated heterocycles. The third-order valence-corrected chi connectivity index (χ3v) is 5.03. The van der Waals surface area contributed by atoms with Crippen molar-refractivity contribution < 1.29 is 14.6 Å². The van der Waals surface area contributed by atoms with Crippen LogP contribution in [0, 0.1) is 0 Å². The maximum atomic E-state index is 10.3. The van der Waals surface area contributed by atoms with Crippen molar-refractivity contribution in [1.29, 1.82) is 0 Å². The van der Waals surface area contributed by atoms with Crippen LogP contribution in [-0.2, 0) is 18.3 Å². The van der Waals surface area contributed by atoms with E-state index >= 15 is 0 Å². The van der Waals surface area contributed by atoms with E-state index in [1.165, 1.54) is 0 Å². The second-order valence-electron chi connectivity index (χ2n) is 7.33. The quantitative estimate of drug-likeness (QED) is 0.517. The number of aromatic nitrogens is 2. The van der Waals surface area contributed by atoms with Crippen LogP contribution in [0.3, 0.4) is 0 Å². The van der Waals surface area contributed by atoms with E-state index in [1.807, 2.05) is 62.5 Å². The van der Waals surface area contributed by atoms with Crippen molar-refractivity contribution >= 4 is 0 Å². The van der Waals surface area contributed by atoms with Crippen LogP contribution >= 0.6 is 0 Å². The number of aryl methyl sites for hydroxylation is 1. The van der Waals surface area contributed by atoms with Crippen LogP contribution in [0.25, 0.3) is 11.3 Å². The van der Waals surface area contributed by atoms with Crippen LogP contribution in [0.5, 0.6) is 11.6 Å². The van der Waals surface area contributed by atoms with Gasteiger partial charge in [-0.15, -0.1) is 0 Å².